The van der Waals surface area contributed by atoms with E-state index < -0.39 is 0 Å². The minimum Gasteiger partial charge on any atom is -0.507 e. The molecule has 2 aromatic rings. The number of phenolic OH excluding ortho intramolecular Hbond substituents is 1. The third-order valence-electron chi connectivity index (χ3n) is 3.40. The summed E-state index contributed by atoms with van der Waals surface area (Å²) in [5, 5.41) is 19.1. The van der Waals surface area contributed by atoms with Crippen LogP contribution < -0.4 is 0 Å². The topological polar surface area (TPSA) is 44.0 Å². The van der Waals surface area contributed by atoms with Crippen molar-refractivity contribution in [1.29, 1.82) is 5.26 Å². The van der Waals surface area contributed by atoms with Gasteiger partial charge in [0.15, 0.2) is 0 Å². The summed E-state index contributed by atoms with van der Waals surface area (Å²) >= 11 is 0. The Morgan fingerprint density at radius 2 is 1.67 bits per heavy atom. The van der Waals surface area contributed by atoms with Gasteiger partial charge in [0.25, 0.3) is 0 Å². The molecule has 0 aliphatic rings. The van der Waals surface area contributed by atoms with E-state index in [-0.39, 0.29) is 5.75 Å². The molecule has 0 spiro atoms. The number of rotatable bonds is 1. The highest BCUT2D eigenvalue weighted by Gasteiger charge is 2.13. The molecular weight excluding hydrogens is 222 g/mol. The highest BCUT2D eigenvalue weighted by molar-refractivity contribution is 5.76. The van der Waals surface area contributed by atoms with E-state index in [1.165, 1.54) is 0 Å². The van der Waals surface area contributed by atoms with Gasteiger partial charge in [-0.05, 0) is 55.2 Å². The Morgan fingerprint density at radius 1 is 1.00 bits per heavy atom. The lowest BCUT2D eigenvalue weighted by molar-refractivity contribution is 0.477. The summed E-state index contributed by atoms with van der Waals surface area (Å²) in [4.78, 5) is 0. The SMILES string of the molecule is Cc1cc(-c2ccccc2O)c(C)c(C)c1C#N. The molecule has 18 heavy (non-hydrogen) atoms. The van der Waals surface area contributed by atoms with Crippen LogP contribution in [0.3, 0.4) is 0 Å². The second-order valence-corrected chi connectivity index (χ2v) is 4.49. The summed E-state index contributed by atoms with van der Waals surface area (Å²) in [6.07, 6.45) is 0. The molecule has 1 N–H and O–H groups in total. The molecule has 0 saturated heterocycles. The first-order valence-corrected chi connectivity index (χ1v) is 5.85. The first kappa shape index (κ1) is 12.2. The predicted molar refractivity (Wildman–Crippen MR) is 72.5 cm³/mol. The fourth-order valence-electron chi connectivity index (χ4n) is 2.24. The standard InChI is InChI=1S/C16H15NO/c1-10-8-14(11(2)12(3)15(10)9-17)13-6-4-5-7-16(13)18/h4-8,18H,1-3H3. The number of aryl methyl sites for hydroxylation is 1. The van der Waals surface area contributed by atoms with Crippen LogP contribution in [0.5, 0.6) is 5.75 Å². The van der Waals surface area contributed by atoms with Crippen molar-refractivity contribution < 1.29 is 5.11 Å². The minimum absolute atomic E-state index is 0.268. The van der Waals surface area contributed by atoms with Crippen LogP contribution in [0.2, 0.25) is 0 Å². The van der Waals surface area contributed by atoms with Crippen molar-refractivity contribution in [2.24, 2.45) is 0 Å². The van der Waals surface area contributed by atoms with Gasteiger partial charge >= 0.3 is 0 Å². The molecule has 2 nitrogen and oxygen atoms in total. The van der Waals surface area contributed by atoms with Gasteiger partial charge in [0.2, 0.25) is 0 Å². The van der Waals surface area contributed by atoms with Crippen molar-refractivity contribution in [2.45, 2.75) is 20.8 Å². The highest BCUT2D eigenvalue weighted by Crippen LogP contribution is 2.34. The Labute approximate surface area is 107 Å². The maximum atomic E-state index is 9.93. The number of nitriles is 1. The van der Waals surface area contributed by atoms with Gasteiger partial charge < -0.3 is 5.11 Å². The first-order valence-electron chi connectivity index (χ1n) is 5.85. The molecule has 0 aliphatic carbocycles. The van der Waals surface area contributed by atoms with Crippen molar-refractivity contribution in [1.82, 2.24) is 0 Å². The average molecular weight is 237 g/mol. The average Bonchev–Trinajstić information content (AvgIpc) is 2.35. The van der Waals surface area contributed by atoms with E-state index in [0.717, 1.165) is 33.4 Å². The van der Waals surface area contributed by atoms with Crippen LogP contribution in [0, 0.1) is 32.1 Å². The quantitative estimate of drug-likeness (QED) is 0.818. The lowest BCUT2D eigenvalue weighted by Gasteiger charge is -2.14. The Kier molecular flexibility index (Phi) is 3.08. The Bertz CT molecular complexity index is 651. The van der Waals surface area contributed by atoms with Gasteiger partial charge in [-0.3, -0.25) is 0 Å². The summed E-state index contributed by atoms with van der Waals surface area (Å²) in [5.74, 6) is 0.268. The monoisotopic (exact) mass is 237 g/mol. The van der Waals surface area contributed by atoms with Crippen LogP contribution in [0.15, 0.2) is 30.3 Å². The van der Waals surface area contributed by atoms with Crippen LogP contribution in [0.4, 0.5) is 0 Å². The molecule has 2 rings (SSSR count). The second-order valence-electron chi connectivity index (χ2n) is 4.49. The summed E-state index contributed by atoms with van der Waals surface area (Å²) in [7, 11) is 0. The van der Waals surface area contributed by atoms with Crippen LogP contribution in [-0.4, -0.2) is 5.11 Å². The molecular formula is C16H15NO. The number of para-hydroxylation sites is 1. The maximum Gasteiger partial charge on any atom is 0.123 e. The molecule has 0 heterocycles. The zero-order valence-electron chi connectivity index (χ0n) is 10.8. The molecule has 0 amide bonds. The lowest BCUT2D eigenvalue weighted by atomic mass is 9.90. The molecule has 2 heteroatoms. The van der Waals surface area contributed by atoms with E-state index in [1.807, 2.05) is 39.0 Å². The zero-order valence-corrected chi connectivity index (χ0v) is 10.8. The van der Waals surface area contributed by atoms with E-state index in [9.17, 15) is 5.11 Å². The molecule has 0 radical (unpaired) electrons. The van der Waals surface area contributed by atoms with Crippen molar-refractivity contribution in [3.05, 3.63) is 52.6 Å². The van der Waals surface area contributed by atoms with Crippen LogP contribution in [0.25, 0.3) is 11.1 Å². The summed E-state index contributed by atoms with van der Waals surface area (Å²) in [6, 6.07) is 11.5. The van der Waals surface area contributed by atoms with Gasteiger partial charge in [-0.2, -0.15) is 5.26 Å². The number of phenols is 1. The third kappa shape index (κ3) is 1.84. The maximum absolute atomic E-state index is 9.93. The molecule has 0 saturated carbocycles. The predicted octanol–water partition coefficient (Wildman–Crippen LogP) is 3.86. The number of hydrogen-bond acceptors (Lipinski definition) is 2. The Balaban J connectivity index is 2.76. The molecule has 0 aromatic heterocycles. The smallest absolute Gasteiger partial charge is 0.123 e. The van der Waals surface area contributed by atoms with Crippen LogP contribution in [-0.2, 0) is 0 Å². The van der Waals surface area contributed by atoms with Crippen LogP contribution >= 0.6 is 0 Å². The minimum atomic E-state index is 0.268. The molecule has 0 fully saturated rings. The Morgan fingerprint density at radius 3 is 2.28 bits per heavy atom. The number of hydrogen-bond donors (Lipinski definition) is 1. The largest absolute Gasteiger partial charge is 0.507 e. The van der Waals surface area contributed by atoms with Gasteiger partial charge in [0.05, 0.1) is 11.6 Å². The molecule has 2 aromatic carbocycles. The molecule has 0 unspecified atom stereocenters. The van der Waals surface area contributed by atoms with Gasteiger partial charge in [-0.25, -0.2) is 0 Å². The molecule has 0 aliphatic heterocycles. The highest BCUT2D eigenvalue weighted by atomic mass is 16.3. The van der Waals surface area contributed by atoms with Gasteiger partial charge in [0, 0.05) is 5.56 Å². The zero-order chi connectivity index (χ0) is 13.3. The Hall–Kier alpha value is -2.27. The fraction of sp³-hybridized carbons (Fsp3) is 0.188. The normalized spacial score (nSPS) is 10.1. The van der Waals surface area contributed by atoms with Gasteiger partial charge in [0.1, 0.15) is 5.75 Å². The molecule has 0 atom stereocenters. The second kappa shape index (κ2) is 4.54. The summed E-state index contributed by atoms with van der Waals surface area (Å²) in [6.45, 7) is 5.86. The van der Waals surface area contributed by atoms with E-state index in [2.05, 4.69) is 6.07 Å². The van der Waals surface area contributed by atoms with E-state index in [4.69, 9.17) is 5.26 Å². The number of nitrogens with zero attached hydrogens (tertiary/aromatic N) is 1. The van der Waals surface area contributed by atoms with E-state index >= 15 is 0 Å². The summed E-state index contributed by atoms with van der Waals surface area (Å²) in [5.41, 5.74) is 5.49. The van der Waals surface area contributed by atoms with Crippen LogP contribution in [0.1, 0.15) is 22.3 Å². The van der Waals surface area contributed by atoms with Gasteiger partial charge in [-0.1, -0.05) is 18.2 Å². The fourth-order valence-corrected chi connectivity index (χ4v) is 2.24. The number of benzene rings is 2. The molecule has 0 bridgehead atoms. The van der Waals surface area contributed by atoms with Crippen molar-refractivity contribution in [2.75, 3.05) is 0 Å². The van der Waals surface area contributed by atoms with E-state index in [0.29, 0.717) is 0 Å². The van der Waals surface area contributed by atoms with Crippen molar-refractivity contribution in [3.8, 4) is 22.9 Å². The first-order chi connectivity index (χ1) is 8.56. The number of aromatic hydroxyl groups is 1. The van der Waals surface area contributed by atoms with Gasteiger partial charge in [-0.15, -0.1) is 0 Å². The summed E-state index contributed by atoms with van der Waals surface area (Å²) < 4.78 is 0. The van der Waals surface area contributed by atoms with Crippen molar-refractivity contribution >= 4 is 0 Å². The molecule has 90 valence electrons. The van der Waals surface area contributed by atoms with Crippen molar-refractivity contribution in [3.63, 3.8) is 0 Å². The third-order valence-corrected chi connectivity index (χ3v) is 3.40. The van der Waals surface area contributed by atoms with E-state index in [1.54, 1.807) is 12.1 Å². The lowest BCUT2D eigenvalue weighted by Crippen LogP contribution is -1.95.